The van der Waals surface area contributed by atoms with Crippen molar-refractivity contribution in [3.05, 3.63) is 35.4 Å². The second-order valence-electron chi connectivity index (χ2n) is 2.67. The first-order chi connectivity index (χ1) is 6.56. The standard InChI is InChI=1S/C9H9F2NO2/c1-14-9(13)8(12)6-4-5(10)2-3-7(6)11/h2-4,8H,12H2,1H3. The highest BCUT2D eigenvalue weighted by atomic mass is 19.1. The highest BCUT2D eigenvalue weighted by Crippen LogP contribution is 2.17. The van der Waals surface area contributed by atoms with Crippen LogP contribution in [0.3, 0.4) is 0 Å². The van der Waals surface area contributed by atoms with Crippen LogP contribution in [0.5, 0.6) is 0 Å². The molecule has 3 nitrogen and oxygen atoms in total. The first kappa shape index (κ1) is 10.6. The number of hydrogen-bond acceptors (Lipinski definition) is 3. The molecule has 0 aliphatic heterocycles. The number of carbonyl (C=O) groups excluding carboxylic acids is 1. The number of hydrogen-bond donors (Lipinski definition) is 1. The van der Waals surface area contributed by atoms with E-state index < -0.39 is 23.6 Å². The number of nitrogens with two attached hydrogens (primary N) is 1. The van der Waals surface area contributed by atoms with Crippen LogP contribution in [-0.2, 0) is 9.53 Å². The Labute approximate surface area is 79.5 Å². The van der Waals surface area contributed by atoms with Crippen LogP contribution < -0.4 is 5.73 Å². The molecule has 0 heterocycles. The molecule has 0 bridgehead atoms. The van der Waals surface area contributed by atoms with E-state index in [2.05, 4.69) is 4.74 Å². The van der Waals surface area contributed by atoms with Crippen molar-refractivity contribution in [3.8, 4) is 0 Å². The van der Waals surface area contributed by atoms with E-state index >= 15 is 0 Å². The second-order valence-corrected chi connectivity index (χ2v) is 2.67. The average molecular weight is 201 g/mol. The van der Waals surface area contributed by atoms with Crippen molar-refractivity contribution in [2.45, 2.75) is 6.04 Å². The predicted molar refractivity (Wildman–Crippen MR) is 45.3 cm³/mol. The van der Waals surface area contributed by atoms with Gasteiger partial charge in [-0.15, -0.1) is 0 Å². The van der Waals surface area contributed by atoms with Crippen LogP contribution in [-0.4, -0.2) is 13.1 Å². The molecule has 1 unspecified atom stereocenters. The van der Waals surface area contributed by atoms with Gasteiger partial charge in [0.1, 0.15) is 17.7 Å². The van der Waals surface area contributed by atoms with E-state index in [0.29, 0.717) is 0 Å². The van der Waals surface area contributed by atoms with Gasteiger partial charge >= 0.3 is 5.97 Å². The van der Waals surface area contributed by atoms with Gasteiger partial charge in [-0.3, -0.25) is 4.79 Å². The van der Waals surface area contributed by atoms with E-state index in [1.807, 2.05) is 0 Å². The first-order valence-electron chi connectivity index (χ1n) is 3.84. The molecule has 1 aromatic carbocycles. The smallest absolute Gasteiger partial charge is 0.327 e. The average Bonchev–Trinajstić information content (AvgIpc) is 2.19. The summed E-state index contributed by atoms with van der Waals surface area (Å²) in [5.74, 6) is -2.19. The SMILES string of the molecule is COC(=O)C(N)c1cc(F)ccc1F. The molecule has 0 saturated carbocycles. The molecule has 0 saturated heterocycles. The molecule has 0 amide bonds. The van der Waals surface area contributed by atoms with Crippen LogP contribution in [0, 0.1) is 11.6 Å². The molecule has 14 heavy (non-hydrogen) atoms. The van der Waals surface area contributed by atoms with Crippen molar-refractivity contribution in [1.82, 2.24) is 0 Å². The Balaban J connectivity index is 3.05. The van der Waals surface area contributed by atoms with E-state index in [0.717, 1.165) is 25.3 Å². The zero-order chi connectivity index (χ0) is 10.7. The van der Waals surface area contributed by atoms with E-state index in [-0.39, 0.29) is 5.56 Å². The Morgan fingerprint density at radius 3 is 2.71 bits per heavy atom. The van der Waals surface area contributed by atoms with Crippen LogP contribution in [0.1, 0.15) is 11.6 Å². The van der Waals surface area contributed by atoms with Gasteiger partial charge in [-0.05, 0) is 18.2 Å². The molecule has 1 atom stereocenters. The summed E-state index contributed by atoms with van der Waals surface area (Å²) >= 11 is 0. The van der Waals surface area contributed by atoms with Crippen LogP contribution in [0.2, 0.25) is 0 Å². The third-order valence-corrected chi connectivity index (χ3v) is 1.75. The molecule has 1 rings (SSSR count). The first-order valence-corrected chi connectivity index (χ1v) is 3.84. The van der Waals surface area contributed by atoms with Gasteiger partial charge < -0.3 is 10.5 Å². The van der Waals surface area contributed by atoms with E-state index in [9.17, 15) is 13.6 Å². The van der Waals surface area contributed by atoms with E-state index in [4.69, 9.17) is 5.73 Å². The number of ether oxygens (including phenoxy) is 1. The summed E-state index contributed by atoms with van der Waals surface area (Å²) in [7, 11) is 1.12. The normalized spacial score (nSPS) is 12.3. The van der Waals surface area contributed by atoms with Crippen molar-refractivity contribution in [2.75, 3.05) is 7.11 Å². The highest BCUT2D eigenvalue weighted by Gasteiger charge is 2.20. The lowest BCUT2D eigenvalue weighted by Crippen LogP contribution is -2.23. The Morgan fingerprint density at radius 2 is 2.14 bits per heavy atom. The molecule has 0 aliphatic rings. The lowest BCUT2D eigenvalue weighted by molar-refractivity contribution is -0.142. The molecule has 0 aromatic heterocycles. The molecule has 0 aliphatic carbocycles. The van der Waals surface area contributed by atoms with Gasteiger partial charge in [-0.2, -0.15) is 0 Å². The predicted octanol–water partition coefficient (Wildman–Crippen LogP) is 1.14. The third kappa shape index (κ3) is 2.05. The summed E-state index contributed by atoms with van der Waals surface area (Å²) < 4.78 is 30.1. The molecular weight excluding hydrogens is 192 g/mol. The summed E-state index contributed by atoms with van der Waals surface area (Å²) in [6.07, 6.45) is 0. The van der Waals surface area contributed by atoms with Crippen molar-refractivity contribution < 1.29 is 18.3 Å². The van der Waals surface area contributed by atoms with Crippen LogP contribution in [0.4, 0.5) is 8.78 Å². The van der Waals surface area contributed by atoms with Crippen LogP contribution in [0.25, 0.3) is 0 Å². The largest absolute Gasteiger partial charge is 0.468 e. The molecule has 5 heteroatoms. The van der Waals surface area contributed by atoms with Gasteiger partial charge in [0.2, 0.25) is 0 Å². The van der Waals surface area contributed by atoms with Gasteiger partial charge in [-0.1, -0.05) is 0 Å². The fraction of sp³-hybridized carbons (Fsp3) is 0.222. The minimum atomic E-state index is -1.30. The number of rotatable bonds is 2. The summed E-state index contributed by atoms with van der Waals surface area (Å²) in [6, 6.07) is 1.43. The molecule has 0 radical (unpaired) electrons. The van der Waals surface area contributed by atoms with Gasteiger partial charge in [0.15, 0.2) is 0 Å². The number of carbonyl (C=O) groups is 1. The van der Waals surface area contributed by atoms with Crippen LogP contribution >= 0.6 is 0 Å². The zero-order valence-electron chi connectivity index (χ0n) is 7.46. The maximum absolute atomic E-state index is 13.1. The van der Waals surface area contributed by atoms with Gasteiger partial charge in [0, 0.05) is 5.56 Å². The minimum Gasteiger partial charge on any atom is -0.468 e. The minimum absolute atomic E-state index is 0.211. The topological polar surface area (TPSA) is 52.3 Å². The summed E-state index contributed by atoms with van der Waals surface area (Å²) in [5, 5.41) is 0. The Bertz CT molecular complexity index is 355. The number of esters is 1. The van der Waals surface area contributed by atoms with Gasteiger partial charge in [-0.25, -0.2) is 8.78 Å². The molecule has 1 aromatic rings. The van der Waals surface area contributed by atoms with Gasteiger partial charge in [0.25, 0.3) is 0 Å². The Hall–Kier alpha value is -1.49. The zero-order valence-corrected chi connectivity index (χ0v) is 7.46. The van der Waals surface area contributed by atoms with E-state index in [1.54, 1.807) is 0 Å². The Kier molecular flexibility index (Phi) is 3.14. The molecule has 76 valence electrons. The number of methoxy groups -OCH3 is 1. The molecule has 0 fully saturated rings. The maximum atomic E-state index is 13.1. The fourth-order valence-electron chi connectivity index (χ4n) is 1.01. The number of benzene rings is 1. The lowest BCUT2D eigenvalue weighted by Gasteiger charge is -2.10. The van der Waals surface area contributed by atoms with E-state index in [1.165, 1.54) is 0 Å². The number of halogens is 2. The van der Waals surface area contributed by atoms with Crippen molar-refractivity contribution in [1.29, 1.82) is 0 Å². The van der Waals surface area contributed by atoms with Crippen LogP contribution in [0.15, 0.2) is 18.2 Å². The summed E-state index contributed by atoms with van der Waals surface area (Å²) in [6.45, 7) is 0. The summed E-state index contributed by atoms with van der Waals surface area (Å²) in [5.41, 5.74) is 5.13. The second kappa shape index (κ2) is 4.15. The monoisotopic (exact) mass is 201 g/mol. The maximum Gasteiger partial charge on any atom is 0.327 e. The third-order valence-electron chi connectivity index (χ3n) is 1.75. The Morgan fingerprint density at radius 1 is 1.50 bits per heavy atom. The molecular formula is C9H9F2NO2. The van der Waals surface area contributed by atoms with Gasteiger partial charge in [0.05, 0.1) is 7.11 Å². The summed E-state index contributed by atoms with van der Waals surface area (Å²) in [4.78, 5) is 10.9. The van der Waals surface area contributed by atoms with Crippen molar-refractivity contribution >= 4 is 5.97 Å². The molecule has 0 spiro atoms. The lowest BCUT2D eigenvalue weighted by atomic mass is 10.1. The van der Waals surface area contributed by atoms with Crippen molar-refractivity contribution in [2.24, 2.45) is 5.73 Å². The highest BCUT2D eigenvalue weighted by molar-refractivity contribution is 5.77. The quantitative estimate of drug-likeness (QED) is 0.730. The fourth-order valence-corrected chi connectivity index (χ4v) is 1.01. The van der Waals surface area contributed by atoms with Crippen molar-refractivity contribution in [3.63, 3.8) is 0 Å². The molecule has 2 N–H and O–H groups in total.